The number of rotatable bonds is 6. The Bertz CT molecular complexity index is 454. The van der Waals surface area contributed by atoms with Crippen LogP contribution in [-0.4, -0.2) is 26.0 Å². The highest BCUT2D eigenvalue weighted by molar-refractivity contribution is 6.30. The molecule has 110 valence electrons. The molecule has 2 N–H and O–H groups in total. The van der Waals surface area contributed by atoms with Crippen molar-refractivity contribution in [1.82, 2.24) is 10.6 Å². The monoisotopic (exact) mass is 294 g/mol. The minimum Gasteiger partial charge on any atom is -0.355 e. The summed E-state index contributed by atoms with van der Waals surface area (Å²) in [4.78, 5) is 12.0. The van der Waals surface area contributed by atoms with Crippen LogP contribution < -0.4 is 10.6 Å². The van der Waals surface area contributed by atoms with Crippen LogP contribution in [0.15, 0.2) is 24.3 Å². The molecule has 1 aliphatic rings. The molecule has 1 saturated carbocycles. The molecule has 0 aliphatic heterocycles. The van der Waals surface area contributed by atoms with Gasteiger partial charge in [-0.3, -0.25) is 4.79 Å². The van der Waals surface area contributed by atoms with E-state index in [0.29, 0.717) is 6.54 Å². The summed E-state index contributed by atoms with van der Waals surface area (Å²) in [6.07, 6.45) is 3.50. The van der Waals surface area contributed by atoms with Crippen molar-refractivity contribution in [2.24, 2.45) is 5.92 Å². The third kappa shape index (κ3) is 3.33. The van der Waals surface area contributed by atoms with Gasteiger partial charge in [0.2, 0.25) is 5.91 Å². The topological polar surface area (TPSA) is 41.1 Å². The first-order valence-corrected chi connectivity index (χ1v) is 7.63. The number of halogens is 1. The van der Waals surface area contributed by atoms with Crippen LogP contribution >= 0.6 is 11.6 Å². The molecule has 0 aromatic heterocycles. The van der Waals surface area contributed by atoms with Gasteiger partial charge in [-0.25, -0.2) is 0 Å². The van der Waals surface area contributed by atoms with Crippen molar-refractivity contribution in [2.75, 3.05) is 20.1 Å². The van der Waals surface area contributed by atoms with Gasteiger partial charge in [0.15, 0.2) is 0 Å². The average molecular weight is 295 g/mol. The Morgan fingerprint density at radius 3 is 2.50 bits per heavy atom. The van der Waals surface area contributed by atoms with Gasteiger partial charge in [0.05, 0.1) is 0 Å². The second-order valence-electron chi connectivity index (χ2n) is 5.82. The Kier molecular flexibility index (Phi) is 5.06. The van der Waals surface area contributed by atoms with Gasteiger partial charge in [-0.2, -0.15) is 0 Å². The number of benzene rings is 1. The SMILES string of the molecule is CNCC(C)C(=O)NCC1(c2ccc(Cl)cc2)CCC1. The number of nitrogens with one attached hydrogen (secondary N) is 2. The van der Waals surface area contributed by atoms with Crippen LogP contribution in [0.25, 0.3) is 0 Å². The van der Waals surface area contributed by atoms with Crippen LogP contribution in [0.1, 0.15) is 31.7 Å². The van der Waals surface area contributed by atoms with Crippen molar-refractivity contribution in [2.45, 2.75) is 31.6 Å². The highest BCUT2D eigenvalue weighted by Crippen LogP contribution is 2.43. The van der Waals surface area contributed by atoms with E-state index in [0.717, 1.165) is 24.4 Å². The summed E-state index contributed by atoms with van der Waals surface area (Å²) >= 11 is 5.95. The predicted octanol–water partition coefficient (Wildman–Crippen LogP) is 2.73. The Balaban J connectivity index is 1.98. The Morgan fingerprint density at radius 1 is 1.35 bits per heavy atom. The number of amides is 1. The molecule has 1 fully saturated rings. The molecule has 1 atom stereocenters. The second kappa shape index (κ2) is 6.59. The van der Waals surface area contributed by atoms with E-state index >= 15 is 0 Å². The molecule has 1 unspecified atom stereocenters. The first kappa shape index (κ1) is 15.3. The fourth-order valence-electron chi connectivity index (χ4n) is 2.80. The van der Waals surface area contributed by atoms with Crippen LogP contribution in [0.5, 0.6) is 0 Å². The summed E-state index contributed by atoms with van der Waals surface area (Å²) in [7, 11) is 1.87. The van der Waals surface area contributed by atoms with Gasteiger partial charge in [-0.1, -0.05) is 37.1 Å². The van der Waals surface area contributed by atoms with E-state index < -0.39 is 0 Å². The molecule has 1 aromatic rings. The van der Waals surface area contributed by atoms with Gasteiger partial charge in [-0.15, -0.1) is 0 Å². The molecule has 1 aromatic carbocycles. The van der Waals surface area contributed by atoms with Crippen molar-refractivity contribution in [1.29, 1.82) is 0 Å². The third-order valence-electron chi connectivity index (χ3n) is 4.33. The molecular formula is C16H23ClN2O. The predicted molar refractivity (Wildman–Crippen MR) is 83.1 cm³/mol. The highest BCUT2D eigenvalue weighted by atomic mass is 35.5. The normalized spacial score (nSPS) is 18.1. The molecule has 0 heterocycles. The molecule has 1 amide bonds. The zero-order valence-corrected chi connectivity index (χ0v) is 13.0. The van der Waals surface area contributed by atoms with Gasteiger partial charge >= 0.3 is 0 Å². The van der Waals surface area contributed by atoms with Gasteiger partial charge in [0.25, 0.3) is 0 Å². The minimum absolute atomic E-state index is 0.00217. The van der Waals surface area contributed by atoms with Crippen molar-refractivity contribution in [3.8, 4) is 0 Å². The van der Waals surface area contributed by atoms with E-state index in [1.165, 1.54) is 12.0 Å². The van der Waals surface area contributed by atoms with Crippen LogP contribution in [0.4, 0.5) is 0 Å². The molecule has 0 bridgehead atoms. The maximum Gasteiger partial charge on any atom is 0.224 e. The number of hydrogen-bond donors (Lipinski definition) is 2. The van der Waals surface area contributed by atoms with Crippen LogP contribution in [0, 0.1) is 5.92 Å². The summed E-state index contributed by atoms with van der Waals surface area (Å²) < 4.78 is 0. The largest absolute Gasteiger partial charge is 0.355 e. The smallest absolute Gasteiger partial charge is 0.224 e. The second-order valence-corrected chi connectivity index (χ2v) is 6.25. The summed E-state index contributed by atoms with van der Waals surface area (Å²) in [5, 5.41) is 6.91. The fraction of sp³-hybridized carbons (Fsp3) is 0.562. The first-order chi connectivity index (χ1) is 9.57. The molecule has 2 rings (SSSR count). The minimum atomic E-state index is 0.00217. The quantitative estimate of drug-likeness (QED) is 0.847. The Labute approximate surface area is 126 Å². The lowest BCUT2D eigenvalue weighted by Crippen LogP contribution is -2.47. The van der Waals surface area contributed by atoms with E-state index in [1.54, 1.807) is 0 Å². The third-order valence-corrected chi connectivity index (χ3v) is 4.58. The summed E-state index contributed by atoms with van der Waals surface area (Å²) in [5.41, 5.74) is 1.40. The van der Waals surface area contributed by atoms with Crippen LogP contribution in [0.2, 0.25) is 5.02 Å². The first-order valence-electron chi connectivity index (χ1n) is 7.26. The standard InChI is InChI=1S/C16H23ClN2O/c1-12(10-18-2)15(20)19-11-16(8-3-9-16)13-4-6-14(17)7-5-13/h4-7,12,18H,3,8-11H2,1-2H3,(H,19,20). The van der Waals surface area contributed by atoms with E-state index in [2.05, 4.69) is 22.8 Å². The lowest BCUT2D eigenvalue weighted by molar-refractivity contribution is -0.124. The van der Waals surface area contributed by atoms with Gasteiger partial charge < -0.3 is 10.6 Å². The van der Waals surface area contributed by atoms with Crippen LogP contribution in [-0.2, 0) is 10.2 Å². The van der Waals surface area contributed by atoms with Gasteiger partial charge in [-0.05, 0) is 37.6 Å². The molecule has 3 nitrogen and oxygen atoms in total. The van der Waals surface area contributed by atoms with E-state index in [4.69, 9.17) is 11.6 Å². The maximum atomic E-state index is 12.0. The lowest BCUT2D eigenvalue weighted by Gasteiger charge is -2.42. The zero-order chi connectivity index (χ0) is 14.6. The average Bonchev–Trinajstić information content (AvgIpc) is 2.39. The van der Waals surface area contributed by atoms with E-state index in [9.17, 15) is 4.79 Å². The summed E-state index contributed by atoms with van der Waals surface area (Å²) in [5.74, 6) is 0.127. The number of carbonyl (C=O) groups excluding carboxylic acids is 1. The van der Waals surface area contributed by atoms with E-state index in [-0.39, 0.29) is 17.2 Å². The molecule has 1 aliphatic carbocycles. The van der Waals surface area contributed by atoms with Crippen LogP contribution in [0.3, 0.4) is 0 Å². The number of hydrogen-bond acceptors (Lipinski definition) is 2. The summed E-state index contributed by atoms with van der Waals surface area (Å²) in [6.45, 7) is 3.38. The van der Waals surface area contributed by atoms with E-state index in [1.807, 2.05) is 26.1 Å². The lowest BCUT2D eigenvalue weighted by atomic mass is 9.64. The molecular weight excluding hydrogens is 272 g/mol. The molecule has 0 saturated heterocycles. The van der Waals surface area contributed by atoms with Gasteiger partial charge in [0, 0.05) is 29.4 Å². The van der Waals surface area contributed by atoms with Crippen molar-refractivity contribution < 1.29 is 4.79 Å². The van der Waals surface area contributed by atoms with Crippen molar-refractivity contribution >= 4 is 17.5 Å². The molecule has 20 heavy (non-hydrogen) atoms. The molecule has 4 heteroatoms. The highest BCUT2D eigenvalue weighted by Gasteiger charge is 2.38. The maximum absolute atomic E-state index is 12.0. The fourth-order valence-corrected chi connectivity index (χ4v) is 2.93. The van der Waals surface area contributed by atoms with Crippen molar-refractivity contribution in [3.05, 3.63) is 34.9 Å². The Morgan fingerprint density at radius 2 is 2.00 bits per heavy atom. The van der Waals surface area contributed by atoms with Gasteiger partial charge in [0.1, 0.15) is 0 Å². The van der Waals surface area contributed by atoms with Crippen molar-refractivity contribution in [3.63, 3.8) is 0 Å². The summed E-state index contributed by atoms with van der Waals surface area (Å²) in [6, 6.07) is 8.04. The Hall–Kier alpha value is -1.06. The zero-order valence-electron chi connectivity index (χ0n) is 12.2. The molecule has 0 radical (unpaired) electrons. The molecule has 0 spiro atoms. The number of carbonyl (C=O) groups is 1.